The molecule has 0 bridgehead atoms. The first-order chi connectivity index (χ1) is 16.0. The van der Waals surface area contributed by atoms with Crippen molar-refractivity contribution in [2.45, 2.75) is 39.5 Å². The predicted octanol–water partition coefficient (Wildman–Crippen LogP) is 6.06. The van der Waals surface area contributed by atoms with E-state index in [0.29, 0.717) is 22.3 Å². The van der Waals surface area contributed by atoms with Crippen molar-refractivity contribution in [2.24, 2.45) is 4.99 Å². The first-order valence-corrected chi connectivity index (χ1v) is 12.2. The third-order valence-electron chi connectivity index (χ3n) is 5.29. The van der Waals surface area contributed by atoms with E-state index in [1.54, 1.807) is 29.2 Å². The number of amidine groups is 1. The second kappa shape index (κ2) is 12.3. The number of carbonyl (C=O) groups is 1. The number of rotatable bonds is 11. The number of aliphatic imine (C=N–C) groups is 1. The molecule has 1 heterocycles. The van der Waals surface area contributed by atoms with E-state index in [1.807, 2.05) is 30.3 Å². The molecule has 1 fully saturated rings. The summed E-state index contributed by atoms with van der Waals surface area (Å²) < 4.78 is 0. The summed E-state index contributed by atoms with van der Waals surface area (Å²) in [6.45, 7) is 6.58. The number of nitrogens with zero attached hydrogens (tertiary/aromatic N) is 4. The molecule has 0 radical (unpaired) electrons. The summed E-state index contributed by atoms with van der Waals surface area (Å²) in [6, 6.07) is 16.0. The number of benzene rings is 2. The van der Waals surface area contributed by atoms with Crippen LogP contribution in [0.1, 0.15) is 45.1 Å². The maximum atomic E-state index is 13.4. The Bertz CT molecular complexity index is 1020. The van der Waals surface area contributed by atoms with Crippen LogP contribution in [-0.4, -0.2) is 45.6 Å². The molecular formula is C25H30N4O3S. The van der Waals surface area contributed by atoms with Gasteiger partial charge in [-0.3, -0.25) is 24.7 Å². The zero-order chi connectivity index (χ0) is 23.6. The monoisotopic (exact) mass is 466 g/mol. The molecule has 0 spiro atoms. The minimum Gasteiger partial charge on any atom is -0.286 e. The number of amides is 1. The number of hydrogen-bond donors (Lipinski definition) is 0. The van der Waals surface area contributed by atoms with Gasteiger partial charge in [0.2, 0.25) is 0 Å². The standard InChI is InChI=1S/C25H30N4O3S/c1-3-5-16-27(17-6-4-2)19-28-24(30)23(18-20-12-10-11-15-22(20)29(31)32)33-25(28)26-21-13-8-7-9-14-21/h7-15,18H,3-6,16-17,19H2,1-2H3/b23-18-,26-25?. The number of unbranched alkanes of at least 4 members (excludes halogenated alkanes) is 2. The lowest BCUT2D eigenvalue weighted by Crippen LogP contribution is -2.41. The van der Waals surface area contributed by atoms with Gasteiger partial charge in [-0.05, 0) is 62.0 Å². The van der Waals surface area contributed by atoms with Crippen molar-refractivity contribution in [1.29, 1.82) is 0 Å². The Labute approximate surface area is 199 Å². The van der Waals surface area contributed by atoms with Gasteiger partial charge in [0.15, 0.2) is 5.17 Å². The molecule has 0 saturated carbocycles. The fourth-order valence-corrected chi connectivity index (χ4v) is 4.44. The Hall–Kier alpha value is -2.97. The highest BCUT2D eigenvalue weighted by Crippen LogP contribution is 2.35. The molecule has 1 amide bonds. The Morgan fingerprint density at radius 1 is 1.03 bits per heavy atom. The van der Waals surface area contributed by atoms with Gasteiger partial charge in [-0.15, -0.1) is 0 Å². The van der Waals surface area contributed by atoms with Crippen molar-refractivity contribution < 1.29 is 9.72 Å². The van der Waals surface area contributed by atoms with E-state index in [9.17, 15) is 14.9 Å². The fourth-order valence-electron chi connectivity index (χ4n) is 3.46. The predicted molar refractivity (Wildman–Crippen MR) is 135 cm³/mol. The Morgan fingerprint density at radius 2 is 1.67 bits per heavy atom. The van der Waals surface area contributed by atoms with E-state index in [2.05, 4.69) is 18.7 Å². The van der Waals surface area contributed by atoms with Crippen LogP contribution in [0.3, 0.4) is 0 Å². The lowest BCUT2D eigenvalue weighted by atomic mass is 10.1. The number of para-hydroxylation sites is 2. The second-order valence-corrected chi connectivity index (χ2v) is 8.87. The molecule has 0 aliphatic carbocycles. The van der Waals surface area contributed by atoms with Crippen LogP contribution in [0.15, 0.2) is 64.5 Å². The van der Waals surface area contributed by atoms with Crippen molar-refractivity contribution in [3.63, 3.8) is 0 Å². The lowest BCUT2D eigenvalue weighted by Gasteiger charge is -2.27. The largest absolute Gasteiger partial charge is 0.286 e. The van der Waals surface area contributed by atoms with Crippen molar-refractivity contribution in [3.05, 3.63) is 75.2 Å². The molecule has 2 aromatic carbocycles. The molecule has 7 nitrogen and oxygen atoms in total. The van der Waals surface area contributed by atoms with Gasteiger partial charge in [-0.1, -0.05) is 57.0 Å². The van der Waals surface area contributed by atoms with Crippen LogP contribution < -0.4 is 0 Å². The summed E-state index contributed by atoms with van der Waals surface area (Å²) in [5.74, 6) is -0.175. The summed E-state index contributed by atoms with van der Waals surface area (Å²) in [6.07, 6.45) is 5.89. The van der Waals surface area contributed by atoms with Gasteiger partial charge in [0.25, 0.3) is 11.6 Å². The highest BCUT2D eigenvalue weighted by Gasteiger charge is 2.35. The lowest BCUT2D eigenvalue weighted by molar-refractivity contribution is -0.385. The molecule has 33 heavy (non-hydrogen) atoms. The minimum atomic E-state index is -0.426. The number of hydrogen-bond acceptors (Lipinski definition) is 6. The zero-order valence-corrected chi connectivity index (χ0v) is 20.0. The number of carbonyl (C=O) groups excluding carboxylic acids is 1. The Kier molecular flexibility index (Phi) is 9.21. The van der Waals surface area contributed by atoms with Crippen molar-refractivity contribution in [1.82, 2.24) is 9.80 Å². The number of thioether (sulfide) groups is 1. The molecule has 1 aliphatic heterocycles. The van der Waals surface area contributed by atoms with Crippen LogP contribution in [0.5, 0.6) is 0 Å². The van der Waals surface area contributed by atoms with E-state index in [4.69, 9.17) is 4.99 Å². The summed E-state index contributed by atoms with van der Waals surface area (Å²) in [7, 11) is 0. The normalized spacial score (nSPS) is 16.3. The highest BCUT2D eigenvalue weighted by atomic mass is 32.2. The molecule has 0 N–H and O–H groups in total. The van der Waals surface area contributed by atoms with Gasteiger partial charge in [-0.2, -0.15) is 0 Å². The maximum absolute atomic E-state index is 13.4. The molecule has 8 heteroatoms. The quantitative estimate of drug-likeness (QED) is 0.228. The van der Waals surface area contributed by atoms with Crippen molar-refractivity contribution >= 4 is 40.3 Å². The molecule has 0 unspecified atom stereocenters. The van der Waals surface area contributed by atoms with Gasteiger partial charge in [0.1, 0.15) is 0 Å². The average Bonchev–Trinajstić information content (AvgIpc) is 3.10. The molecule has 1 saturated heterocycles. The first kappa shape index (κ1) is 24.7. The van der Waals surface area contributed by atoms with Crippen LogP contribution >= 0.6 is 11.8 Å². The van der Waals surface area contributed by atoms with Crippen LogP contribution in [0.2, 0.25) is 0 Å². The van der Waals surface area contributed by atoms with Crippen molar-refractivity contribution in [3.8, 4) is 0 Å². The van der Waals surface area contributed by atoms with E-state index < -0.39 is 4.92 Å². The van der Waals surface area contributed by atoms with Gasteiger partial charge < -0.3 is 0 Å². The van der Waals surface area contributed by atoms with Crippen molar-refractivity contribution in [2.75, 3.05) is 19.8 Å². The maximum Gasteiger partial charge on any atom is 0.276 e. The smallest absolute Gasteiger partial charge is 0.276 e. The second-order valence-electron chi connectivity index (χ2n) is 7.86. The van der Waals surface area contributed by atoms with E-state index >= 15 is 0 Å². The van der Waals surface area contributed by atoms with Crippen LogP contribution in [-0.2, 0) is 4.79 Å². The first-order valence-electron chi connectivity index (χ1n) is 11.3. The molecular weight excluding hydrogens is 436 g/mol. The van der Waals surface area contributed by atoms with Crippen LogP contribution in [0.25, 0.3) is 6.08 Å². The third kappa shape index (κ3) is 6.76. The summed E-state index contributed by atoms with van der Waals surface area (Å²) >= 11 is 1.26. The fraction of sp³-hybridized carbons (Fsp3) is 0.360. The van der Waals surface area contributed by atoms with E-state index in [0.717, 1.165) is 44.5 Å². The molecule has 3 rings (SSSR count). The van der Waals surface area contributed by atoms with Crippen LogP contribution in [0.4, 0.5) is 11.4 Å². The third-order valence-corrected chi connectivity index (χ3v) is 6.29. The summed E-state index contributed by atoms with van der Waals surface area (Å²) in [5.41, 5.74) is 1.15. The molecule has 174 valence electrons. The number of nitro groups is 1. The Morgan fingerprint density at radius 3 is 2.30 bits per heavy atom. The SMILES string of the molecule is CCCCN(CCCC)CN1C(=O)/C(=C/c2ccccc2[N+](=O)[O-])SC1=Nc1ccccc1. The topological polar surface area (TPSA) is 79.0 Å². The summed E-state index contributed by atoms with van der Waals surface area (Å²) in [4.78, 5) is 33.6. The van der Waals surface area contributed by atoms with Gasteiger partial charge >= 0.3 is 0 Å². The van der Waals surface area contributed by atoms with E-state index in [1.165, 1.54) is 17.8 Å². The van der Waals surface area contributed by atoms with Gasteiger partial charge in [0.05, 0.1) is 27.7 Å². The average molecular weight is 467 g/mol. The molecule has 2 aromatic rings. The van der Waals surface area contributed by atoms with Crippen LogP contribution in [0, 0.1) is 10.1 Å². The highest BCUT2D eigenvalue weighted by molar-refractivity contribution is 8.18. The Balaban J connectivity index is 1.95. The minimum absolute atomic E-state index is 0.0223. The van der Waals surface area contributed by atoms with Gasteiger partial charge in [0, 0.05) is 6.07 Å². The summed E-state index contributed by atoms with van der Waals surface area (Å²) in [5, 5.41) is 12.0. The van der Waals surface area contributed by atoms with Gasteiger partial charge in [-0.25, -0.2) is 4.99 Å². The molecule has 0 atom stereocenters. The zero-order valence-electron chi connectivity index (χ0n) is 19.1. The molecule has 0 aromatic heterocycles. The van der Waals surface area contributed by atoms with E-state index in [-0.39, 0.29) is 11.6 Å². The molecule has 1 aliphatic rings. The number of nitro benzene ring substituents is 1.